The van der Waals surface area contributed by atoms with E-state index in [9.17, 15) is 4.79 Å². The molecule has 0 saturated heterocycles. The molecule has 0 aliphatic heterocycles. The van der Waals surface area contributed by atoms with Crippen molar-refractivity contribution in [1.29, 1.82) is 0 Å². The van der Waals surface area contributed by atoms with E-state index in [1.165, 1.54) is 19.3 Å². The lowest BCUT2D eigenvalue weighted by Crippen LogP contribution is -2.39. The summed E-state index contributed by atoms with van der Waals surface area (Å²) >= 11 is 3.54. The largest absolute Gasteiger partial charge is 0.296 e. The number of benzene rings is 1. The zero-order chi connectivity index (χ0) is 16.2. The fourth-order valence-corrected chi connectivity index (χ4v) is 3.76. The average molecular weight is 377 g/mol. The Morgan fingerprint density at radius 1 is 1.35 bits per heavy atom. The van der Waals surface area contributed by atoms with E-state index in [0.29, 0.717) is 0 Å². The highest BCUT2D eigenvalue weighted by atomic mass is 79.9. The fraction of sp³-hybridized carbons (Fsp3) is 0.412. The van der Waals surface area contributed by atoms with Gasteiger partial charge in [-0.05, 0) is 40.9 Å². The molecular formula is C17H21BrN4O. The van der Waals surface area contributed by atoms with E-state index in [4.69, 9.17) is 0 Å². The second-order valence-corrected chi connectivity index (χ2v) is 6.82. The number of nitrogens with zero attached hydrogens (tertiary/aromatic N) is 3. The normalized spacial score (nSPS) is 15.4. The summed E-state index contributed by atoms with van der Waals surface area (Å²) in [7, 11) is 1.92. The lowest BCUT2D eigenvalue weighted by Gasteiger charge is -2.32. The highest BCUT2D eigenvalue weighted by molar-refractivity contribution is 9.10. The van der Waals surface area contributed by atoms with Gasteiger partial charge in [-0.1, -0.05) is 31.4 Å². The van der Waals surface area contributed by atoms with E-state index < -0.39 is 0 Å². The molecule has 1 aromatic carbocycles. The van der Waals surface area contributed by atoms with Crippen molar-refractivity contribution in [3.63, 3.8) is 0 Å². The molecule has 0 bridgehead atoms. The topological polar surface area (TPSA) is 50.2 Å². The summed E-state index contributed by atoms with van der Waals surface area (Å²) in [6.07, 6.45) is 8.49. The van der Waals surface area contributed by atoms with Crippen LogP contribution >= 0.6 is 15.9 Å². The van der Waals surface area contributed by atoms with Crippen LogP contribution in [-0.4, -0.2) is 27.2 Å². The molecule has 1 amide bonds. The number of nitrogens with one attached hydrogen (secondary N) is 1. The van der Waals surface area contributed by atoms with Crippen molar-refractivity contribution in [2.24, 2.45) is 7.05 Å². The maximum absolute atomic E-state index is 11.5. The molecular weight excluding hydrogens is 356 g/mol. The van der Waals surface area contributed by atoms with Gasteiger partial charge in [-0.2, -0.15) is 5.10 Å². The molecule has 5 nitrogen and oxygen atoms in total. The zero-order valence-electron chi connectivity index (χ0n) is 13.2. The van der Waals surface area contributed by atoms with Crippen molar-refractivity contribution < 1.29 is 4.79 Å². The Labute approximate surface area is 144 Å². The molecule has 0 spiro atoms. The van der Waals surface area contributed by atoms with Crippen LogP contribution in [0.3, 0.4) is 0 Å². The molecule has 1 heterocycles. The van der Waals surface area contributed by atoms with Gasteiger partial charge >= 0.3 is 0 Å². The van der Waals surface area contributed by atoms with Crippen LogP contribution in [0.15, 0.2) is 34.9 Å². The van der Waals surface area contributed by atoms with Crippen LogP contribution < -0.4 is 5.43 Å². The molecule has 1 N–H and O–H groups in total. The summed E-state index contributed by atoms with van der Waals surface area (Å²) in [5.41, 5.74) is 6.24. The number of halogens is 1. The standard InChI is InChI=1S/C17H21BrN4O/c1-21-17(16(18)11-19-21)13-6-5-7-14(10-13)20-22(12-23)15-8-3-2-4-9-15/h5-7,10-12,15,20H,2-4,8-9H2,1H3. The SMILES string of the molecule is Cn1ncc(Br)c1-c1cccc(NN(C=O)C2CCCCC2)c1. The van der Waals surface area contributed by atoms with E-state index in [1.54, 1.807) is 11.2 Å². The van der Waals surface area contributed by atoms with Crippen molar-refractivity contribution in [3.05, 3.63) is 34.9 Å². The van der Waals surface area contributed by atoms with E-state index >= 15 is 0 Å². The molecule has 1 aliphatic rings. The van der Waals surface area contributed by atoms with Crippen LogP contribution in [0.25, 0.3) is 11.3 Å². The number of hydrogen-bond acceptors (Lipinski definition) is 3. The summed E-state index contributed by atoms with van der Waals surface area (Å²) in [5, 5.41) is 5.97. The minimum atomic E-state index is 0.286. The first-order valence-corrected chi connectivity index (χ1v) is 8.76. The number of carbonyl (C=O) groups is 1. The first kappa shape index (κ1) is 16.1. The second-order valence-electron chi connectivity index (χ2n) is 5.96. The number of aromatic nitrogens is 2. The molecule has 0 radical (unpaired) electrons. The Morgan fingerprint density at radius 2 is 2.13 bits per heavy atom. The monoisotopic (exact) mass is 376 g/mol. The molecule has 0 unspecified atom stereocenters. The summed E-state index contributed by atoms with van der Waals surface area (Å²) < 4.78 is 2.79. The number of rotatable bonds is 5. The van der Waals surface area contributed by atoms with Crippen LogP contribution in [-0.2, 0) is 11.8 Å². The second kappa shape index (κ2) is 7.17. The number of anilines is 1. The van der Waals surface area contributed by atoms with Gasteiger partial charge in [0.05, 0.1) is 28.1 Å². The van der Waals surface area contributed by atoms with Crippen molar-refractivity contribution in [1.82, 2.24) is 14.8 Å². The van der Waals surface area contributed by atoms with Crippen molar-refractivity contribution >= 4 is 28.0 Å². The minimum absolute atomic E-state index is 0.286. The number of amides is 1. The first-order valence-electron chi connectivity index (χ1n) is 7.97. The van der Waals surface area contributed by atoms with Crippen molar-refractivity contribution in [2.75, 3.05) is 5.43 Å². The van der Waals surface area contributed by atoms with Crippen molar-refractivity contribution in [3.8, 4) is 11.3 Å². The average Bonchev–Trinajstić information content (AvgIpc) is 2.92. The van der Waals surface area contributed by atoms with Gasteiger partial charge in [0.2, 0.25) is 6.41 Å². The fourth-order valence-electron chi connectivity index (χ4n) is 3.18. The highest BCUT2D eigenvalue weighted by Crippen LogP contribution is 2.29. The van der Waals surface area contributed by atoms with Gasteiger partial charge in [0.25, 0.3) is 0 Å². The van der Waals surface area contributed by atoms with E-state index in [0.717, 1.165) is 40.7 Å². The van der Waals surface area contributed by atoms with Gasteiger partial charge in [-0.3, -0.25) is 19.9 Å². The summed E-state index contributed by atoms with van der Waals surface area (Å²) in [5.74, 6) is 0. The molecule has 3 rings (SSSR count). The maximum atomic E-state index is 11.5. The smallest absolute Gasteiger partial charge is 0.228 e. The zero-order valence-corrected chi connectivity index (χ0v) is 14.8. The third kappa shape index (κ3) is 3.58. The number of aryl methyl sites for hydroxylation is 1. The number of hydrogen-bond donors (Lipinski definition) is 1. The molecule has 2 aromatic rings. The van der Waals surface area contributed by atoms with E-state index in [2.05, 4.69) is 26.5 Å². The highest BCUT2D eigenvalue weighted by Gasteiger charge is 2.20. The molecule has 23 heavy (non-hydrogen) atoms. The lowest BCUT2D eigenvalue weighted by atomic mass is 9.95. The quantitative estimate of drug-likeness (QED) is 0.634. The molecule has 122 valence electrons. The Balaban J connectivity index is 1.80. The van der Waals surface area contributed by atoms with Gasteiger partial charge in [-0.25, -0.2) is 0 Å². The van der Waals surface area contributed by atoms with E-state index in [-0.39, 0.29) is 6.04 Å². The molecule has 1 aromatic heterocycles. The van der Waals surface area contributed by atoms with Gasteiger partial charge in [-0.15, -0.1) is 0 Å². The van der Waals surface area contributed by atoms with Crippen LogP contribution in [0.5, 0.6) is 0 Å². The summed E-state index contributed by atoms with van der Waals surface area (Å²) in [4.78, 5) is 11.5. The first-order chi connectivity index (χ1) is 11.2. The Morgan fingerprint density at radius 3 is 2.78 bits per heavy atom. The predicted octanol–water partition coefficient (Wildman–Crippen LogP) is 3.97. The Bertz CT molecular complexity index is 659. The van der Waals surface area contributed by atoms with E-state index in [1.807, 2.05) is 36.0 Å². The maximum Gasteiger partial charge on any atom is 0.228 e. The molecule has 1 fully saturated rings. The van der Waals surface area contributed by atoms with Gasteiger partial charge in [0.15, 0.2) is 0 Å². The summed E-state index contributed by atoms with van der Waals surface area (Å²) in [6.45, 7) is 0. The predicted molar refractivity (Wildman–Crippen MR) is 94.7 cm³/mol. The minimum Gasteiger partial charge on any atom is -0.296 e. The van der Waals surface area contributed by atoms with Gasteiger partial charge < -0.3 is 0 Å². The Kier molecular flexibility index (Phi) is 5.00. The van der Waals surface area contributed by atoms with Crippen LogP contribution in [0.1, 0.15) is 32.1 Å². The third-order valence-electron chi connectivity index (χ3n) is 4.37. The van der Waals surface area contributed by atoms with Gasteiger partial charge in [0.1, 0.15) is 0 Å². The van der Waals surface area contributed by atoms with Crippen LogP contribution in [0.2, 0.25) is 0 Å². The lowest BCUT2D eigenvalue weighted by molar-refractivity contribution is -0.119. The number of carbonyl (C=O) groups excluding carboxylic acids is 1. The van der Waals surface area contributed by atoms with Crippen molar-refractivity contribution in [2.45, 2.75) is 38.1 Å². The van der Waals surface area contributed by atoms with Gasteiger partial charge in [0, 0.05) is 12.6 Å². The van der Waals surface area contributed by atoms with Crippen LogP contribution in [0.4, 0.5) is 5.69 Å². The Hall–Kier alpha value is -1.82. The molecule has 6 heteroatoms. The number of hydrazine groups is 1. The molecule has 1 aliphatic carbocycles. The molecule has 1 saturated carbocycles. The summed E-state index contributed by atoms with van der Waals surface area (Å²) in [6, 6.07) is 8.34. The van der Waals surface area contributed by atoms with Crippen LogP contribution in [0, 0.1) is 0 Å². The third-order valence-corrected chi connectivity index (χ3v) is 4.95. The molecule has 0 atom stereocenters.